The minimum absolute atomic E-state index is 0.102. The number of rotatable bonds is 7. The molecule has 0 spiro atoms. The van der Waals surface area contributed by atoms with Crippen molar-refractivity contribution in [2.75, 3.05) is 27.3 Å². The number of fused-ring (bicyclic) bond motifs is 2. The van der Waals surface area contributed by atoms with Crippen molar-refractivity contribution < 1.29 is 33.3 Å². The lowest BCUT2D eigenvalue weighted by Crippen LogP contribution is -2.39. The molecule has 4 aromatic rings. The van der Waals surface area contributed by atoms with Crippen LogP contribution in [0, 0.1) is 0 Å². The summed E-state index contributed by atoms with van der Waals surface area (Å²) in [6.07, 6.45) is 0.699. The number of carbonyl (C=O) groups is 3. The zero-order valence-electron chi connectivity index (χ0n) is 26.5. The maximum absolute atomic E-state index is 14.0. The molecule has 240 valence electrons. The molecule has 2 aromatic heterocycles. The Bertz CT molecular complexity index is 1770. The van der Waals surface area contributed by atoms with Crippen molar-refractivity contribution in [3.05, 3.63) is 87.6 Å². The second-order valence-electron chi connectivity index (χ2n) is 12.2. The molecule has 6 rings (SSSR count). The van der Waals surface area contributed by atoms with Crippen LogP contribution < -0.4 is 14.2 Å². The lowest BCUT2D eigenvalue weighted by molar-refractivity contribution is 0.0224. The van der Waals surface area contributed by atoms with E-state index < -0.39 is 11.6 Å². The Balaban J connectivity index is 1.26. The van der Waals surface area contributed by atoms with E-state index in [-0.39, 0.29) is 17.7 Å². The summed E-state index contributed by atoms with van der Waals surface area (Å²) in [6, 6.07) is 16.5. The van der Waals surface area contributed by atoms with Gasteiger partial charge in [-0.1, -0.05) is 12.1 Å². The summed E-state index contributed by atoms with van der Waals surface area (Å²) in [6.45, 7) is 7.22. The first-order chi connectivity index (χ1) is 22.0. The largest absolute Gasteiger partial charge is 0.497 e. The van der Waals surface area contributed by atoms with Crippen molar-refractivity contribution in [3.8, 4) is 22.2 Å². The number of amides is 2. The highest BCUT2D eigenvalue weighted by Gasteiger charge is 2.36. The van der Waals surface area contributed by atoms with Gasteiger partial charge in [0.1, 0.15) is 22.8 Å². The number of benzene rings is 2. The van der Waals surface area contributed by atoms with E-state index >= 15 is 0 Å². The van der Waals surface area contributed by atoms with Crippen LogP contribution in [0.25, 0.3) is 5.69 Å². The molecule has 0 aliphatic carbocycles. The van der Waals surface area contributed by atoms with Crippen LogP contribution in [-0.2, 0) is 30.7 Å². The summed E-state index contributed by atoms with van der Waals surface area (Å²) in [5, 5.41) is 5.07. The van der Waals surface area contributed by atoms with Gasteiger partial charge in [0.15, 0.2) is 10.8 Å². The van der Waals surface area contributed by atoms with Crippen molar-refractivity contribution in [1.29, 1.82) is 0 Å². The van der Waals surface area contributed by atoms with E-state index in [0.717, 1.165) is 21.8 Å². The van der Waals surface area contributed by atoms with E-state index in [1.54, 1.807) is 54.4 Å². The summed E-state index contributed by atoms with van der Waals surface area (Å²) in [7, 11) is 3.19. The third kappa shape index (κ3) is 6.43. The molecule has 0 N–H and O–H groups in total. The molecule has 2 aliphatic heterocycles. The zero-order valence-corrected chi connectivity index (χ0v) is 27.3. The highest BCUT2D eigenvalue weighted by atomic mass is 32.1. The first-order valence-electron chi connectivity index (χ1n) is 15.0. The van der Waals surface area contributed by atoms with E-state index in [1.165, 1.54) is 16.0 Å². The minimum Gasteiger partial charge on any atom is -0.497 e. The van der Waals surface area contributed by atoms with E-state index in [9.17, 15) is 14.4 Å². The Hall–Kier alpha value is -4.84. The van der Waals surface area contributed by atoms with Gasteiger partial charge in [0.25, 0.3) is 5.91 Å². The second kappa shape index (κ2) is 12.5. The van der Waals surface area contributed by atoms with Crippen LogP contribution in [0.3, 0.4) is 0 Å². The molecular weight excluding hydrogens is 608 g/mol. The molecule has 0 fully saturated rings. The molecule has 46 heavy (non-hydrogen) atoms. The number of methoxy groups -OCH3 is 2. The molecule has 0 unspecified atom stereocenters. The fourth-order valence-corrected chi connectivity index (χ4v) is 6.57. The van der Waals surface area contributed by atoms with Gasteiger partial charge in [-0.2, -0.15) is 5.10 Å². The van der Waals surface area contributed by atoms with Gasteiger partial charge in [0, 0.05) is 36.5 Å². The van der Waals surface area contributed by atoms with Gasteiger partial charge in [-0.15, -0.1) is 11.3 Å². The summed E-state index contributed by atoms with van der Waals surface area (Å²) in [4.78, 5) is 44.8. The fraction of sp³-hybridized carbons (Fsp3) is 0.353. The standard InChI is InChI=1S/C34H36N4O7S/c1-34(2,3)45-33(41)37-17-15-27-22(20-37)18-28(46-27)44-32(40)29-26-14-16-36(19-21-6-10-24(42-4)11-7-21)31(39)30(26)38(35-29)23-8-12-25(43-5)13-9-23/h6-13,18H,14-17,19-20H2,1-5H3. The van der Waals surface area contributed by atoms with Crippen molar-refractivity contribution in [3.63, 3.8) is 0 Å². The highest BCUT2D eigenvalue weighted by Crippen LogP contribution is 2.35. The molecule has 0 saturated carbocycles. The van der Waals surface area contributed by atoms with Crippen LogP contribution in [0.1, 0.15) is 63.3 Å². The number of aromatic nitrogens is 2. The van der Waals surface area contributed by atoms with E-state index in [2.05, 4.69) is 5.10 Å². The summed E-state index contributed by atoms with van der Waals surface area (Å²) in [5.74, 6) is 0.531. The van der Waals surface area contributed by atoms with Crippen molar-refractivity contribution in [1.82, 2.24) is 19.6 Å². The summed E-state index contributed by atoms with van der Waals surface area (Å²) >= 11 is 1.38. The first-order valence-corrected chi connectivity index (χ1v) is 15.8. The Morgan fingerprint density at radius 3 is 2.26 bits per heavy atom. The average Bonchev–Trinajstić information content (AvgIpc) is 3.63. The lowest BCUT2D eigenvalue weighted by Gasteiger charge is -2.29. The maximum atomic E-state index is 14.0. The molecule has 2 amide bonds. The van der Waals surface area contributed by atoms with Crippen LogP contribution in [0.5, 0.6) is 16.6 Å². The van der Waals surface area contributed by atoms with Crippen LogP contribution in [0.4, 0.5) is 4.79 Å². The number of nitrogens with zero attached hydrogens (tertiary/aromatic N) is 4. The predicted molar refractivity (Wildman–Crippen MR) is 171 cm³/mol. The number of ether oxygens (including phenoxy) is 4. The summed E-state index contributed by atoms with van der Waals surface area (Å²) < 4.78 is 23.5. The molecular formula is C34H36N4O7S. The predicted octanol–water partition coefficient (Wildman–Crippen LogP) is 5.66. The Kier molecular flexibility index (Phi) is 8.47. The molecule has 0 atom stereocenters. The van der Waals surface area contributed by atoms with Gasteiger partial charge in [-0.3, -0.25) is 4.79 Å². The van der Waals surface area contributed by atoms with Crippen LogP contribution in [0.15, 0.2) is 54.6 Å². The number of hydrogen-bond acceptors (Lipinski definition) is 9. The third-order valence-corrected chi connectivity index (χ3v) is 8.95. The normalized spacial score (nSPS) is 14.4. The number of hydrogen-bond donors (Lipinski definition) is 0. The van der Waals surface area contributed by atoms with Gasteiger partial charge >= 0.3 is 12.1 Å². The summed E-state index contributed by atoms with van der Waals surface area (Å²) in [5.41, 5.74) is 2.88. The van der Waals surface area contributed by atoms with E-state index in [1.807, 2.05) is 45.0 Å². The lowest BCUT2D eigenvalue weighted by atomic mass is 10.0. The highest BCUT2D eigenvalue weighted by molar-refractivity contribution is 7.14. The van der Waals surface area contributed by atoms with Crippen LogP contribution in [-0.4, -0.2) is 70.5 Å². The Morgan fingerprint density at radius 2 is 1.61 bits per heavy atom. The van der Waals surface area contributed by atoms with Gasteiger partial charge in [-0.25, -0.2) is 14.3 Å². The fourth-order valence-electron chi connectivity index (χ4n) is 5.56. The van der Waals surface area contributed by atoms with Crippen LogP contribution >= 0.6 is 11.3 Å². The van der Waals surface area contributed by atoms with Crippen molar-refractivity contribution >= 4 is 29.3 Å². The molecule has 2 aliphatic rings. The number of carbonyl (C=O) groups excluding carboxylic acids is 3. The van der Waals surface area contributed by atoms with E-state index in [0.29, 0.717) is 66.8 Å². The SMILES string of the molecule is COc1ccc(CN2CCc3c(C(=O)Oc4cc5c(s4)CCN(C(=O)OC(C)(C)C)C5)nn(-c4ccc(OC)cc4)c3C2=O)cc1. The number of thiophene rings is 1. The average molecular weight is 645 g/mol. The first kappa shape index (κ1) is 31.2. The van der Waals surface area contributed by atoms with Gasteiger partial charge < -0.3 is 28.7 Å². The molecule has 12 heteroatoms. The van der Waals surface area contributed by atoms with Crippen LogP contribution in [0.2, 0.25) is 0 Å². The van der Waals surface area contributed by atoms with Gasteiger partial charge in [-0.05, 0) is 80.8 Å². The van der Waals surface area contributed by atoms with Gasteiger partial charge in [0.05, 0.1) is 26.5 Å². The van der Waals surface area contributed by atoms with Gasteiger partial charge in [0.2, 0.25) is 0 Å². The topological polar surface area (TPSA) is 112 Å². The molecule has 0 saturated heterocycles. The molecule has 0 radical (unpaired) electrons. The molecule has 4 heterocycles. The Labute approximate surface area is 271 Å². The van der Waals surface area contributed by atoms with Crippen molar-refractivity contribution in [2.45, 2.75) is 52.3 Å². The molecule has 2 aromatic carbocycles. The minimum atomic E-state index is -0.637. The van der Waals surface area contributed by atoms with Crippen molar-refractivity contribution in [2.24, 2.45) is 0 Å². The molecule has 11 nitrogen and oxygen atoms in total. The smallest absolute Gasteiger partial charge is 0.410 e. The zero-order chi connectivity index (χ0) is 32.6. The molecule has 0 bridgehead atoms. The monoisotopic (exact) mass is 644 g/mol. The second-order valence-corrected chi connectivity index (χ2v) is 13.3. The quantitative estimate of drug-likeness (QED) is 0.237. The van der Waals surface area contributed by atoms with E-state index in [4.69, 9.17) is 18.9 Å². The Morgan fingerprint density at radius 1 is 0.935 bits per heavy atom. The maximum Gasteiger partial charge on any atom is 0.410 e. The third-order valence-electron chi connectivity index (χ3n) is 7.84. The number of esters is 1.